The van der Waals surface area contributed by atoms with Gasteiger partial charge in [0, 0.05) is 16.9 Å². The van der Waals surface area contributed by atoms with E-state index in [1.54, 1.807) is 12.1 Å². The van der Waals surface area contributed by atoms with E-state index in [1.807, 2.05) is 12.1 Å². The number of Topliss-reactive ketones (excluding diaryl/α,β-unsaturated/α-hetero) is 1. The molecule has 1 aromatic carbocycles. The van der Waals surface area contributed by atoms with E-state index in [0.29, 0.717) is 11.3 Å². The molecular formula is C13H12O3S. The van der Waals surface area contributed by atoms with Crippen molar-refractivity contribution >= 4 is 23.5 Å². The predicted octanol–water partition coefficient (Wildman–Crippen LogP) is 2.46. The smallest absolute Gasteiger partial charge is 0.303 e. The molecule has 0 aliphatic heterocycles. The van der Waals surface area contributed by atoms with Crippen molar-refractivity contribution < 1.29 is 14.7 Å². The number of hydrogen-bond donors (Lipinski definition) is 1. The quantitative estimate of drug-likeness (QED) is 0.477. The fraction of sp³-hybridized carbons (Fsp3) is 0.231. The lowest BCUT2D eigenvalue weighted by Crippen LogP contribution is -2.03. The standard InChI is InChI=1S/C13H12O3S/c1-2-9-17-11-5-3-10(4-6-11)12(14)7-8-13(15)16/h1,3-6H,7-9H2,(H,15,16). The number of hydrogen-bond acceptors (Lipinski definition) is 3. The number of rotatable bonds is 6. The fourth-order valence-corrected chi connectivity index (χ4v) is 1.81. The van der Waals surface area contributed by atoms with Crippen LogP contribution in [0.15, 0.2) is 29.2 Å². The fourth-order valence-electron chi connectivity index (χ4n) is 1.23. The number of carboxylic acid groups (broad SMARTS) is 1. The zero-order valence-electron chi connectivity index (χ0n) is 9.18. The summed E-state index contributed by atoms with van der Waals surface area (Å²) in [6.07, 6.45) is 5.04. The number of carboxylic acids is 1. The van der Waals surface area contributed by atoms with Gasteiger partial charge in [-0.15, -0.1) is 18.2 Å². The molecule has 0 atom stereocenters. The molecule has 0 aromatic heterocycles. The van der Waals surface area contributed by atoms with Crippen LogP contribution < -0.4 is 0 Å². The van der Waals surface area contributed by atoms with Crippen molar-refractivity contribution in [2.45, 2.75) is 17.7 Å². The molecule has 88 valence electrons. The maximum atomic E-state index is 11.6. The Morgan fingerprint density at radius 2 is 1.88 bits per heavy atom. The lowest BCUT2D eigenvalue weighted by Gasteiger charge is -2.01. The van der Waals surface area contributed by atoms with Crippen LogP contribution in [0.5, 0.6) is 0 Å². The van der Waals surface area contributed by atoms with Crippen molar-refractivity contribution in [3.63, 3.8) is 0 Å². The Morgan fingerprint density at radius 3 is 2.41 bits per heavy atom. The number of benzene rings is 1. The molecule has 0 spiro atoms. The van der Waals surface area contributed by atoms with Crippen LogP contribution in [0.25, 0.3) is 0 Å². The number of thioether (sulfide) groups is 1. The molecule has 0 fully saturated rings. The molecule has 0 aliphatic rings. The molecule has 1 rings (SSSR count). The summed E-state index contributed by atoms with van der Waals surface area (Å²) in [5.74, 6) is 2.00. The number of aliphatic carboxylic acids is 1. The van der Waals surface area contributed by atoms with Crippen LogP contribution in [0.4, 0.5) is 0 Å². The van der Waals surface area contributed by atoms with Crippen LogP contribution in [0.1, 0.15) is 23.2 Å². The van der Waals surface area contributed by atoms with Crippen LogP contribution in [-0.2, 0) is 4.79 Å². The van der Waals surface area contributed by atoms with Crippen molar-refractivity contribution in [2.24, 2.45) is 0 Å². The normalized spacial score (nSPS) is 9.59. The molecule has 0 saturated heterocycles. The molecule has 1 aromatic rings. The Balaban J connectivity index is 2.58. The van der Waals surface area contributed by atoms with Crippen LogP contribution in [-0.4, -0.2) is 22.6 Å². The predicted molar refractivity (Wildman–Crippen MR) is 67.2 cm³/mol. The first-order valence-corrected chi connectivity index (χ1v) is 6.03. The summed E-state index contributed by atoms with van der Waals surface area (Å²) < 4.78 is 0. The molecule has 0 bridgehead atoms. The number of terminal acetylenes is 1. The van der Waals surface area contributed by atoms with Gasteiger partial charge in [-0.05, 0) is 12.1 Å². The average Bonchev–Trinajstić information content (AvgIpc) is 2.34. The van der Waals surface area contributed by atoms with Gasteiger partial charge < -0.3 is 5.11 Å². The van der Waals surface area contributed by atoms with Gasteiger partial charge in [-0.25, -0.2) is 0 Å². The van der Waals surface area contributed by atoms with Gasteiger partial charge in [0.2, 0.25) is 0 Å². The van der Waals surface area contributed by atoms with Crippen LogP contribution in [0.2, 0.25) is 0 Å². The first kappa shape index (κ1) is 13.3. The Kier molecular flexibility index (Phi) is 5.31. The third kappa shape index (κ3) is 4.75. The molecule has 17 heavy (non-hydrogen) atoms. The lowest BCUT2D eigenvalue weighted by molar-refractivity contribution is -0.136. The van der Waals surface area contributed by atoms with Gasteiger partial charge in [-0.2, -0.15) is 0 Å². The molecule has 4 heteroatoms. The summed E-state index contributed by atoms with van der Waals surface area (Å²) in [5.41, 5.74) is 0.538. The van der Waals surface area contributed by atoms with E-state index in [-0.39, 0.29) is 18.6 Å². The highest BCUT2D eigenvalue weighted by Crippen LogP contribution is 2.18. The Hall–Kier alpha value is -1.73. The maximum absolute atomic E-state index is 11.6. The highest BCUT2D eigenvalue weighted by Gasteiger charge is 2.08. The van der Waals surface area contributed by atoms with E-state index in [9.17, 15) is 9.59 Å². The minimum absolute atomic E-state index is 0.0339. The summed E-state index contributed by atoms with van der Waals surface area (Å²) >= 11 is 1.52. The van der Waals surface area contributed by atoms with Crippen molar-refractivity contribution in [1.82, 2.24) is 0 Å². The highest BCUT2D eigenvalue weighted by atomic mass is 32.2. The van der Waals surface area contributed by atoms with Crippen molar-refractivity contribution in [3.8, 4) is 12.3 Å². The zero-order valence-corrected chi connectivity index (χ0v) is 10.00. The van der Waals surface area contributed by atoms with Gasteiger partial charge in [0.15, 0.2) is 5.78 Å². The highest BCUT2D eigenvalue weighted by molar-refractivity contribution is 7.99. The monoisotopic (exact) mass is 248 g/mol. The van der Waals surface area contributed by atoms with E-state index in [4.69, 9.17) is 11.5 Å². The van der Waals surface area contributed by atoms with Crippen LogP contribution in [0, 0.1) is 12.3 Å². The van der Waals surface area contributed by atoms with E-state index in [2.05, 4.69) is 5.92 Å². The van der Waals surface area contributed by atoms with Gasteiger partial charge in [0.1, 0.15) is 0 Å². The third-order valence-electron chi connectivity index (χ3n) is 2.06. The summed E-state index contributed by atoms with van der Waals surface area (Å²) in [7, 11) is 0. The van der Waals surface area contributed by atoms with E-state index in [0.717, 1.165) is 4.90 Å². The number of carbonyl (C=O) groups excluding carboxylic acids is 1. The average molecular weight is 248 g/mol. The molecule has 0 amide bonds. The van der Waals surface area contributed by atoms with Gasteiger partial charge in [0.05, 0.1) is 12.2 Å². The molecule has 0 unspecified atom stereocenters. The minimum Gasteiger partial charge on any atom is -0.481 e. The minimum atomic E-state index is -0.959. The summed E-state index contributed by atoms with van der Waals surface area (Å²) in [6, 6.07) is 7.03. The number of ketones is 1. The van der Waals surface area contributed by atoms with Crippen molar-refractivity contribution in [1.29, 1.82) is 0 Å². The summed E-state index contributed by atoms with van der Waals surface area (Å²) in [6.45, 7) is 0. The number of carbonyl (C=O) groups is 2. The van der Waals surface area contributed by atoms with Crippen molar-refractivity contribution in [2.75, 3.05) is 5.75 Å². The second-order valence-electron chi connectivity index (χ2n) is 3.33. The third-order valence-corrected chi connectivity index (χ3v) is 2.98. The topological polar surface area (TPSA) is 54.4 Å². The second kappa shape index (κ2) is 6.77. The van der Waals surface area contributed by atoms with Gasteiger partial charge in [-0.3, -0.25) is 9.59 Å². The van der Waals surface area contributed by atoms with Crippen molar-refractivity contribution in [3.05, 3.63) is 29.8 Å². The second-order valence-corrected chi connectivity index (χ2v) is 4.38. The SMILES string of the molecule is C#CCSc1ccc(C(=O)CCC(=O)O)cc1. The van der Waals surface area contributed by atoms with Gasteiger partial charge >= 0.3 is 5.97 Å². The van der Waals surface area contributed by atoms with E-state index in [1.165, 1.54) is 11.8 Å². The summed E-state index contributed by atoms with van der Waals surface area (Å²) in [4.78, 5) is 22.9. The first-order valence-electron chi connectivity index (χ1n) is 5.05. The molecule has 0 saturated carbocycles. The molecule has 1 N–H and O–H groups in total. The maximum Gasteiger partial charge on any atom is 0.303 e. The lowest BCUT2D eigenvalue weighted by atomic mass is 10.1. The van der Waals surface area contributed by atoms with Gasteiger partial charge in [-0.1, -0.05) is 18.1 Å². The summed E-state index contributed by atoms with van der Waals surface area (Å²) in [5, 5.41) is 8.48. The first-order chi connectivity index (χ1) is 8.13. The van der Waals surface area contributed by atoms with E-state index < -0.39 is 5.97 Å². The zero-order chi connectivity index (χ0) is 12.7. The molecular weight excluding hydrogens is 236 g/mol. The molecule has 3 nitrogen and oxygen atoms in total. The molecule has 0 radical (unpaired) electrons. The van der Waals surface area contributed by atoms with E-state index >= 15 is 0 Å². The van der Waals surface area contributed by atoms with Crippen LogP contribution in [0.3, 0.4) is 0 Å². The van der Waals surface area contributed by atoms with Gasteiger partial charge in [0.25, 0.3) is 0 Å². The Bertz CT molecular complexity index is 443. The Labute approximate surface area is 104 Å². The largest absolute Gasteiger partial charge is 0.481 e. The molecule has 0 aliphatic carbocycles. The van der Waals surface area contributed by atoms with Crippen LogP contribution >= 0.6 is 11.8 Å². The molecule has 0 heterocycles. The Morgan fingerprint density at radius 1 is 1.24 bits per heavy atom.